The number of benzene rings is 1. The van der Waals surface area contributed by atoms with E-state index in [0.717, 1.165) is 22.8 Å². The number of halogens is 1. The number of aldehydes is 1. The zero-order valence-corrected chi connectivity index (χ0v) is 9.08. The molecule has 2 aromatic rings. The molecule has 78 valence electrons. The molecule has 0 saturated carbocycles. The number of carbonyl (C=O) groups excluding carboxylic acids is 1. The Kier molecular flexibility index (Phi) is 2.73. The highest BCUT2D eigenvalue weighted by Gasteiger charge is 2.13. The highest BCUT2D eigenvalue weighted by atomic mass is 35.5. The van der Waals surface area contributed by atoms with E-state index in [-0.39, 0.29) is 5.92 Å². The van der Waals surface area contributed by atoms with E-state index in [4.69, 9.17) is 11.6 Å². The predicted molar refractivity (Wildman–Crippen MR) is 60.2 cm³/mol. The second-order valence-corrected chi connectivity index (χ2v) is 3.96. The maximum atomic E-state index is 10.5. The van der Waals surface area contributed by atoms with Gasteiger partial charge in [-0.3, -0.25) is 5.10 Å². The zero-order chi connectivity index (χ0) is 10.8. The molecule has 0 fully saturated rings. The lowest BCUT2D eigenvalue weighted by Gasteiger charge is -2.09. The number of rotatable bonds is 3. The Bertz CT molecular complexity index is 492. The molecule has 2 rings (SSSR count). The summed E-state index contributed by atoms with van der Waals surface area (Å²) in [5.74, 6) is 0.168. The van der Waals surface area contributed by atoms with Gasteiger partial charge in [0.1, 0.15) is 11.4 Å². The van der Waals surface area contributed by atoms with Crippen LogP contribution in [0.5, 0.6) is 0 Å². The molecule has 0 saturated heterocycles. The van der Waals surface area contributed by atoms with Crippen LogP contribution in [0.4, 0.5) is 0 Å². The van der Waals surface area contributed by atoms with Gasteiger partial charge in [0.2, 0.25) is 0 Å². The maximum Gasteiger partial charge on any atom is 0.132 e. The molecule has 1 aromatic carbocycles. The molecule has 0 bridgehead atoms. The summed E-state index contributed by atoms with van der Waals surface area (Å²) in [5.41, 5.74) is 1.91. The lowest BCUT2D eigenvalue weighted by atomic mass is 9.95. The third-order valence-corrected chi connectivity index (χ3v) is 2.82. The van der Waals surface area contributed by atoms with Gasteiger partial charge in [0.25, 0.3) is 0 Å². The van der Waals surface area contributed by atoms with E-state index in [9.17, 15) is 4.79 Å². The van der Waals surface area contributed by atoms with Crippen molar-refractivity contribution in [2.24, 2.45) is 0 Å². The van der Waals surface area contributed by atoms with E-state index in [0.29, 0.717) is 11.6 Å². The van der Waals surface area contributed by atoms with Gasteiger partial charge in [-0.2, -0.15) is 5.10 Å². The second kappa shape index (κ2) is 4.03. The number of H-pyrrole nitrogens is 1. The van der Waals surface area contributed by atoms with Crippen LogP contribution in [0.2, 0.25) is 5.15 Å². The molecule has 15 heavy (non-hydrogen) atoms. The minimum Gasteiger partial charge on any atom is -0.303 e. The number of carbonyl (C=O) groups is 1. The number of hydrogen-bond acceptors (Lipinski definition) is 2. The van der Waals surface area contributed by atoms with Gasteiger partial charge >= 0.3 is 0 Å². The van der Waals surface area contributed by atoms with Crippen molar-refractivity contribution in [3.63, 3.8) is 0 Å². The number of nitrogens with zero attached hydrogens (tertiary/aromatic N) is 1. The van der Waals surface area contributed by atoms with Gasteiger partial charge in [0.05, 0.1) is 5.52 Å². The molecular formula is C11H11ClN2O. The molecule has 3 nitrogen and oxygen atoms in total. The molecule has 0 aliphatic heterocycles. The molecule has 1 heterocycles. The van der Waals surface area contributed by atoms with Crippen LogP contribution < -0.4 is 0 Å². The van der Waals surface area contributed by atoms with Crippen molar-refractivity contribution in [1.82, 2.24) is 10.2 Å². The van der Waals surface area contributed by atoms with Crippen LogP contribution in [-0.2, 0) is 4.79 Å². The molecule has 0 spiro atoms. The van der Waals surface area contributed by atoms with E-state index in [2.05, 4.69) is 10.2 Å². The standard InChI is InChI=1S/C11H11ClN2O/c1-7(5-6-15)8-3-2-4-9-10(8)11(12)14-13-9/h2-4,6-7H,5H2,1H3,(H,13,14). The summed E-state index contributed by atoms with van der Waals surface area (Å²) in [4.78, 5) is 10.5. The van der Waals surface area contributed by atoms with E-state index in [1.165, 1.54) is 0 Å². The summed E-state index contributed by atoms with van der Waals surface area (Å²) in [6, 6.07) is 5.81. The quantitative estimate of drug-likeness (QED) is 0.812. The largest absolute Gasteiger partial charge is 0.303 e. The first-order valence-electron chi connectivity index (χ1n) is 4.80. The Labute approximate surface area is 92.4 Å². The van der Waals surface area contributed by atoms with Crippen molar-refractivity contribution in [3.8, 4) is 0 Å². The van der Waals surface area contributed by atoms with Crippen LogP contribution in [-0.4, -0.2) is 16.5 Å². The first-order chi connectivity index (χ1) is 7.24. The normalized spacial score (nSPS) is 12.9. The first kappa shape index (κ1) is 10.2. The third kappa shape index (κ3) is 1.75. The van der Waals surface area contributed by atoms with Gasteiger partial charge in [-0.1, -0.05) is 30.7 Å². The summed E-state index contributed by atoms with van der Waals surface area (Å²) in [6.07, 6.45) is 1.43. The molecular weight excluding hydrogens is 212 g/mol. The fraction of sp³-hybridized carbons (Fsp3) is 0.273. The highest BCUT2D eigenvalue weighted by Crippen LogP contribution is 2.30. The van der Waals surface area contributed by atoms with Crippen LogP contribution in [0, 0.1) is 0 Å². The van der Waals surface area contributed by atoms with Crippen LogP contribution in [0.1, 0.15) is 24.8 Å². The van der Waals surface area contributed by atoms with Gasteiger partial charge in [-0.15, -0.1) is 0 Å². The van der Waals surface area contributed by atoms with Gasteiger partial charge in [0, 0.05) is 11.8 Å². The van der Waals surface area contributed by atoms with Crippen molar-refractivity contribution >= 4 is 28.8 Å². The number of nitrogens with one attached hydrogen (secondary N) is 1. The van der Waals surface area contributed by atoms with Crippen molar-refractivity contribution in [2.75, 3.05) is 0 Å². The summed E-state index contributed by atoms with van der Waals surface area (Å²) >= 11 is 6.02. The molecule has 0 amide bonds. The second-order valence-electron chi connectivity index (χ2n) is 3.58. The van der Waals surface area contributed by atoms with E-state index in [1.807, 2.05) is 25.1 Å². The molecule has 0 radical (unpaired) electrons. The zero-order valence-electron chi connectivity index (χ0n) is 8.33. The van der Waals surface area contributed by atoms with Gasteiger partial charge < -0.3 is 4.79 Å². The fourth-order valence-electron chi connectivity index (χ4n) is 1.74. The summed E-state index contributed by atoms with van der Waals surface area (Å²) < 4.78 is 0. The Balaban J connectivity index is 2.58. The summed E-state index contributed by atoms with van der Waals surface area (Å²) in [5, 5.41) is 8.28. The Morgan fingerprint density at radius 2 is 2.40 bits per heavy atom. The molecule has 0 aliphatic carbocycles. The summed E-state index contributed by atoms with van der Waals surface area (Å²) in [6.45, 7) is 2.01. The molecule has 4 heteroatoms. The molecule has 1 atom stereocenters. The Hall–Kier alpha value is -1.35. The molecule has 0 aliphatic rings. The minimum atomic E-state index is 0.168. The third-order valence-electron chi connectivity index (χ3n) is 2.55. The average Bonchev–Trinajstić information content (AvgIpc) is 2.61. The van der Waals surface area contributed by atoms with Crippen LogP contribution in [0.25, 0.3) is 10.9 Å². The highest BCUT2D eigenvalue weighted by molar-refractivity contribution is 6.34. The SMILES string of the molecule is CC(CC=O)c1cccc2n[nH]c(Cl)c12. The Morgan fingerprint density at radius 3 is 3.13 bits per heavy atom. The van der Waals surface area contributed by atoms with E-state index < -0.39 is 0 Å². The van der Waals surface area contributed by atoms with Gasteiger partial charge in [-0.25, -0.2) is 0 Å². The minimum absolute atomic E-state index is 0.168. The maximum absolute atomic E-state index is 10.5. The summed E-state index contributed by atoms with van der Waals surface area (Å²) in [7, 11) is 0. The van der Waals surface area contributed by atoms with Crippen molar-refractivity contribution in [2.45, 2.75) is 19.3 Å². The van der Waals surface area contributed by atoms with Crippen LogP contribution in [0.3, 0.4) is 0 Å². The fourth-order valence-corrected chi connectivity index (χ4v) is 1.99. The lowest BCUT2D eigenvalue weighted by Crippen LogP contribution is -1.94. The van der Waals surface area contributed by atoms with Crippen LogP contribution in [0.15, 0.2) is 18.2 Å². The predicted octanol–water partition coefficient (Wildman–Crippen LogP) is 2.91. The first-order valence-corrected chi connectivity index (χ1v) is 5.18. The molecule has 1 unspecified atom stereocenters. The van der Waals surface area contributed by atoms with Gasteiger partial charge in [0.15, 0.2) is 0 Å². The molecule has 1 aromatic heterocycles. The lowest BCUT2D eigenvalue weighted by molar-refractivity contribution is -0.108. The number of aromatic nitrogens is 2. The average molecular weight is 223 g/mol. The van der Waals surface area contributed by atoms with Crippen molar-refractivity contribution in [3.05, 3.63) is 28.9 Å². The number of aromatic amines is 1. The van der Waals surface area contributed by atoms with Crippen molar-refractivity contribution < 1.29 is 4.79 Å². The number of fused-ring (bicyclic) bond motifs is 1. The van der Waals surface area contributed by atoms with E-state index >= 15 is 0 Å². The Morgan fingerprint density at radius 1 is 1.60 bits per heavy atom. The number of hydrogen-bond donors (Lipinski definition) is 1. The monoisotopic (exact) mass is 222 g/mol. The molecule has 1 N–H and O–H groups in total. The van der Waals surface area contributed by atoms with Gasteiger partial charge in [-0.05, 0) is 17.5 Å². The van der Waals surface area contributed by atoms with E-state index in [1.54, 1.807) is 0 Å². The topological polar surface area (TPSA) is 45.8 Å². The van der Waals surface area contributed by atoms with Crippen LogP contribution >= 0.6 is 11.6 Å². The van der Waals surface area contributed by atoms with Crippen molar-refractivity contribution in [1.29, 1.82) is 0 Å². The smallest absolute Gasteiger partial charge is 0.132 e.